The monoisotopic (exact) mass is 296 g/mol. The molecule has 0 bridgehead atoms. The smallest absolute Gasteiger partial charge is 0.163 e. The summed E-state index contributed by atoms with van der Waals surface area (Å²) in [6.45, 7) is 2.05. The van der Waals surface area contributed by atoms with Gasteiger partial charge in [-0.3, -0.25) is 0 Å². The van der Waals surface area contributed by atoms with E-state index in [0.717, 1.165) is 28.6 Å². The summed E-state index contributed by atoms with van der Waals surface area (Å²) in [6, 6.07) is 5.86. The van der Waals surface area contributed by atoms with Crippen molar-refractivity contribution in [3.05, 3.63) is 33.7 Å². The van der Waals surface area contributed by atoms with Gasteiger partial charge in [-0.2, -0.15) is 0 Å². The molecule has 0 saturated carbocycles. The third-order valence-corrected chi connectivity index (χ3v) is 3.83. The average molecular weight is 297 g/mol. The summed E-state index contributed by atoms with van der Waals surface area (Å²) in [4.78, 5) is 4.20. The third kappa shape index (κ3) is 3.11. The van der Waals surface area contributed by atoms with Crippen LogP contribution in [0.3, 0.4) is 0 Å². The van der Waals surface area contributed by atoms with Crippen molar-refractivity contribution < 1.29 is 9.47 Å². The Labute approximate surface area is 120 Å². The molecule has 0 radical (unpaired) electrons. The van der Waals surface area contributed by atoms with Gasteiger partial charge in [0.15, 0.2) is 11.5 Å². The molecule has 2 aromatic rings. The summed E-state index contributed by atoms with van der Waals surface area (Å²) in [6.07, 6.45) is 2.58. The normalized spacial score (nSPS) is 13.9. The molecular weight excluding hydrogens is 284 g/mol. The van der Waals surface area contributed by atoms with E-state index in [1.54, 1.807) is 6.20 Å². The van der Waals surface area contributed by atoms with Gasteiger partial charge in [0, 0.05) is 18.2 Å². The lowest BCUT2D eigenvalue weighted by atomic mass is 10.2. The minimum atomic E-state index is 0.650. The van der Waals surface area contributed by atoms with Crippen molar-refractivity contribution in [2.24, 2.45) is 0 Å². The van der Waals surface area contributed by atoms with Crippen LogP contribution in [0.5, 0.6) is 11.5 Å². The molecule has 19 heavy (non-hydrogen) atoms. The fourth-order valence-corrected chi connectivity index (χ4v) is 2.72. The molecule has 1 aromatic heterocycles. The molecule has 2 heterocycles. The van der Waals surface area contributed by atoms with Gasteiger partial charge >= 0.3 is 0 Å². The van der Waals surface area contributed by atoms with Gasteiger partial charge < -0.3 is 14.8 Å². The number of fused-ring (bicyclic) bond motifs is 1. The van der Waals surface area contributed by atoms with Crippen LogP contribution in [0.2, 0.25) is 4.34 Å². The van der Waals surface area contributed by atoms with Crippen LogP contribution in [-0.2, 0) is 6.54 Å². The zero-order chi connectivity index (χ0) is 13.1. The van der Waals surface area contributed by atoms with Crippen molar-refractivity contribution in [2.45, 2.75) is 13.0 Å². The van der Waals surface area contributed by atoms with Gasteiger partial charge in [-0.05, 0) is 12.1 Å². The highest BCUT2D eigenvalue weighted by atomic mass is 35.5. The molecule has 0 saturated heterocycles. The van der Waals surface area contributed by atoms with Crippen LogP contribution < -0.4 is 14.8 Å². The van der Waals surface area contributed by atoms with Crippen molar-refractivity contribution >= 4 is 28.6 Å². The van der Waals surface area contributed by atoms with E-state index in [9.17, 15) is 0 Å². The number of halogens is 1. The quantitative estimate of drug-likeness (QED) is 0.940. The topological polar surface area (TPSA) is 43.4 Å². The second-order valence-electron chi connectivity index (χ2n) is 4.12. The predicted molar refractivity (Wildman–Crippen MR) is 76.5 cm³/mol. The first-order chi connectivity index (χ1) is 9.31. The van der Waals surface area contributed by atoms with Gasteiger partial charge in [-0.25, -0.2) is 4.98 Å². The van der Waals surface area contributed by atoms with Crippen molar-refractivity contribution in [3.8, 4) is 11.5 Å². The van der Waals surface area contributed by atoms with Crippen LogP contribution in [0.25, 0.3) is 0 Å². The Morgan fingerprint density at radius 3 is 2.89 bits per heavy atom. The summed E-state index contributed by atoms with van der Waals surface area (Å²) >= 11 is 7.32. The van der Waals surface area contributed by atoms with E-state index in [1.807, 2.05) is 18.2 Å². The van der Waals surface area contributed by atoms with E-state index < -0.39 is 0 Å². The molecule has 1 aliphatic rings. The Hall–Kier alpha value is -1.46. The zero-order valence-corrected chi connectivity index (χ0v) is 11.8. The van der Waals surface area contributed by atoms with Gasteiger partial charge in [0.25, 0.3) is 0 Å². The number of benzene rings is 1. The predicted octanol–water partition coefficient (Wildman–Crippen LogP) is 3.57. The molecule has 0 aliphatic carbocycles. The van der Waals surface area contributed by atoms with Gasteiger partial charge in [-0.1, -0.05) is 11.6 Å². The molecule has 4 nitrogen and oxygen atoms in total. The third-order valence-electron chi connectivity index (χ3n) is 2.72. The number of thiazole rings is 1. The van der Waals surface area contributed by atoms with Gasteiger partial charge in [0.2, 0.25) is 0 Å². The Morgan fingerprint density at radius 1 is 1.26 bits per heavy atom. The Balaban J connectivity index is 1.69. The average Bonchev–Trinajstić information content (AvgIpc) is 2.70. The highest BCUT2D eigenvalue weighted by Gasteiger charge is 2.10. The zero-order valence-electron chi connectivity index (χ0n) is 10.2. The van der Waals surface area contributed by atoms with Crippen LogP contribution >= 0.6 is 22.9 Å². The molecule has 1 N–H and O–H groups in total. The number of hydrogen-bond acceptors (Lipinski definition) is 5. The number of ether oxygens (including phenoxy) is 2. The molecule has 3 rings (SSSR count). The van der Waals surface area contributed by atoms with E-state index >= 15 is 0 Å². The Kier molecular flexibility index (Phi) is 3.75. The second-order valence-corrected chi connectivity index (χ2v) is 5.87. The lowest BCUT2D eigenvalue weighted by Gasteiger charge is -2.10. The maximum atomic E-state index is 5.85. The molecule has 1 aliphatic heterocycles. The number of nitrogens with zero attached hydrogens (tertiary/aromatic N) is 1. The number of rotatable bonds is 3. The first-order valence-electron chi connectivity index (χ1n) is 6.05. The van der Waals surface area contributed by atoms with Gasteiger partial charge in [0.05, 0.1) is 26.0 Å². The van der Waals surface area contributed by atoms with E-state index in [4.69, 9.17) is 21.1 Å². The highest BCUT2D eigenvalue weighted by Crippen LogP contribution is 2.32. The summed E-state index contributed by atoms with van der Waals surface area (Å²) in [7, 11) is 0. The van der Waals surface area contributed by atoms with Crippen LogP contribution in [0, 0.1) is 0 Å². The molecule has 0 atom stereocenters. The molecule has 0 fully saturated rings. The van der Waals surface area contributed by atoms with Crippen molar-refractivity contribution in [1.29, 1.82) is 0 Å². The second kappa shape index (κ2) is 5.67. The number of hydrogen-bond donors (Lipinski definition) is 1. The van der Waals surface area contributed by atoms with Crippen molar-refractivity contribution in [3.63, 3.8) is 0 Å². The number of anilines is 1. The molecule has 0 amide bonds. The molecule has 6 heteroatoms. The summed E-state index contributed by atoms with van der Waals surface area (Å²) in [5.74, 6) is 1.60. The van der Waals surface area contributed by atoms with E-state index in [1.165, 1.54) is 11.3 Å². The number of nitrogens with one attached hydrogen (secondary N) is 1. The minimum Gasteiger partial charge on any atom is -0.490 e. The maximum Gasteiger partial charge on any atom is 0.163 e. The molecule has 0 spiro atoms. The van der Waals surface area contributed by atoms with Crippen LogP contribution in [0.15, 0.2) is 24.4 Å². The van der Waals surface area contributed by atoms with E-state index in [-0.39, 0.29) is 0 Å². The van der Waals surface area contributed by atoms with Crippen molar-refractivity contribution in [2.75, 3.05) is 18.5 Å². The summed E-state index contributed by atoms with van der Waals surface area (Å²) < 4.78 is 11.9. The maximum absolute atomic E-state index is 5.85. The van der Waals surface area contributed by atoms with E-state index in [0.29, 0.717) is 24.1 Å². The largest absolute Gasteiger partial charge is 0.490 e. The first kappa shape index (κ1) is 12.6. The van der Waals surface area contributed by atoms with Crippen molar-refractivity contribution in [1.82, 2.24) is 4.98 Å². The molecular formula is C13H13ClN2O2S. The highest BCUT2D eigenvalue weighted by molar-refractivity contribution is 7.15. The fourth-order valence-electron chi connectivity index (χ4n) is 1.82. The Morgan fingerprint density at radius 2 is 2.11 bits per heavy atom. The van der Waals surface area contributed by atoms with Gasteiger partial charge in [0.1, 0.15) is 9.34 Å². The fraction of sp³-hybridized carbons (Fsp3) is 0.308. The lowest BCUT2D eigenvalue weighted by molar-refractivity contribution is 0.297. The Bertz CT molecular complexity index is 574. The lowest BCUT2D eigenvalue weighted by Crippen LogP contribution is -1.99. The van der Waals surface area contributed by atoms with Crippen LogP contribution in [0.1, 0.15) is 11.4 Å². The first-order valence-corrected chi connectivity index (χ1v) is 7.24. The SMILES string of the molecule is Clc1cnc(CNc2ccc3c(c2)OCCCO3)s1. The van der Waals surface area contributed by atoms with Gasteiger partial charge in [-0.15, -0.1) is 11.3 Å². The summed E-state index contributed by atoms with van der Waals surface area (Å²) in [5.41, 5.74) is 0.982. The minimum absolute atomic E-state index is 0.650. The number of aromatic nitrogens is 1. The molecule has 0 unspecified atom stereocenters. The summed E-state index contributed by atoms with van der Waals surface area (Å²) in [5, 5.41) is 4.25. The molecule has 1 aromatic carbocycles. The van der Waals surface area contributed by atoms with E-state index in [2.05, 4.69) is 10.3 Å². The molecule has 100 valence electrons. The van der Waals surface area contributed by atoms with Crippen LogP contribution in [-0.4, -0.2) is 18.2 Å². The van der Waals surface area contributed by atoms with Crippen LogP contribution in [0.4, 0.5) is 5.69 Å². The standard InChI is InChI=1S/C13H13ClN2O2S/c14-12-7-16-13(19-12)8-15-9-2-3-10-11(6-9)18-5-1-4-17-10/h2-3,6-7,15H,1,4-5,8H2.